The fraction of sp³-hybridized carbons (Fsp3) is 0.391. The molecule has 0 unspecified atom stereocenters. The van der Waals surface area contributed by atoms with Gasteiger partial charge in [-0.2, -0.15) is 0 Å². The molecule has 0 atom stereocenters. The number of carbonyl (C=O) groups is 1. The molecule has 1 amide bonds. The van der Waals surface area contributed by atoms with Crippen molar-refractivity contribution < 1.29 is 17.6 Å². The molecule has 5 rings (SSSR count). The normalized spacial score (nSPS) is 17.4. The SMILES string of the molecule is O=CN(c1cc(-c2ccc(NS(=O)(=O)C3CCCCC3)c(F)c2)c2cc[nH]c2n1)C1CC1. The van der Waals surface area contributed by atoms with Gasteiger partial charge in [-0.25, -0.2) is 17.8 Å². The Balaban J connectivity index is 1.48. The summed E-state index contributed by atoms with van der Waals surface area (Å²) in [6.07, 6.45) is 8.40. The lowest BCUT2D eigenvalue weighted by atomic mass is 10.0. The van der Waals surface area contributed by atoms with E-state index in [0.29, 0.717) is 29.9 Å². The highest BCUT2D eigenvalue weighted by Gasteiger charge is 2.31. The summed E-state index contributed by atoms with van der Waals surface area (Å²) in [5, 5.41) is 0.319. The number of aromatic nitrogens is 2. The number of benzene rings is 1. The van der Waals surface area contributed by atoms with E-state index in [9.17, 15) is 13.2 Å². The van der Waals surface area contributed by atoms with Crippen molar-refractivity contribution in [2.75, 3.05) is 9.62 Å². The third-order valence-electron chi connectivity index (χ3n) is 6.36. The molecule has 168 valence electrons. The number of halogens is 1. The summed E-state index contributed by atoms with van der Waals surface area (Å²) in [6, 6.07) is 8.25. The molecular formula is C23H25FN4O3S. The van der Waals surface area contributed by atoms with Crippen LogP contribution in [0.5, 0.6) is 0 Å². The Hall–Kier alpha value is -2.94. The zero-order valence-electron chi connectivity index (χ0n) is 17.6. The van der Waals surface area contributed by atoms with Crippen molar-refractivity contribution in [3.63, 3.8) is 0 Å². The van der Waals surface area contributed by atoms with Crippen molar-refractivity contribution in [2.24, 2.45) is 0 Å². The summed E-state index contributed by atoms with van der Waals surface area (Å²) < 4.78 is 42.9. The van der Waals surface area contributed by atoms with Crippen LogP contribution in [0.1, 0.15) is 44.9 Å². The Morgan fingerprint density at radius 3 is 2.56 bits per heavy atom. The molecule has 2 aliphatic carbocycles. The van der Waals surface area contributed by atoms with Gasteiger partial charge >= 0.3 is 0 Å². The molecule has 0 saturated heterocycles. The van der Waals surface area contributed by atoms with E-state index in [1.165, 1.54) is 12.1 Å². The van der Waals surface area contributed by atoms with Crippen LogP contribution in [0.25, 0.3) is 22.2 Å². The third kappa shape index (κ3) is 3.97. The lowest BCUT2D eigenvalue weighted by Crippen LogP contribution is -2.30. The second-order valence-corrected chi connectivity index (χ2v) is 10.6. The maximum absolute atomic E-state index is 15.0. The lowest BCUT2D eigenvalue weighted by Gasteiger charge is -2.22. The number of fused-ring (bicyclic) bond motifs is 1. The molecule has 0 radical (unpaired) electrons. The van der Waals surface area contributed by atoms with Crippen molar-refractivity contribution in [1.82, 2.24) is 9.97 Å². The first-order chi connectivity index (χ1) is 15.5. The van der Waals surface area contributed by atoms with E-state index < -0.39 is 21.1 Å². The molecule has 0 bridgehead atoms. The summed E-state index contributed by atoms with van der Waals surface area (Å²) in [5.74, 6) is -0.131. The Kier molecular flexibility index (Phi) is 5.36. The van der Waals surface area contributed by atoms with Crippen LogP contribution >= 0.6 is 0 Å². The molecule has 32 heavy (non-hydrogen) atoms. The summed E-state index contributed by atoms with van der Waals surface area (Å²) in [5.41, 5.74) is 1.86. The highest BCUT2D eigenvalue weighted by molar-refractivity contribution is 7.93. The average molecular weight is 457 g/mol. The van der Waals surface area contributed by atoms with Gasteiger partial charge in [-0.3, -0.25) is 14.4 Å². The van der Waals surface area contributed by atoms with Gasteiger partial charge in [0.05, 0.1) is 10.9 Å². The molecule has 0 spiro atoms. The smallest absolute Gasteiger partial charge is 0.235 e. The van der Waals surface area contributed by atoms with Crippen LogP contribution < -0.4 is 9.62 Å². The lowest BCUT2D eigenvalue weighted by molar-refractivity contribution is -0.107. The number of pyridine rings is 1. The summed E-state index contributed by atoms with van der Waals surface area (Å²) in [7, 11) is -3.64. The monoisotopic (exact) mass is 456 g/mol. The van der Waals surface area contributed by atoms with Crippen molar-refractivity contribution in [2.45, 2.75) is 56.2 Å². The highest BCUT2D eigenvalue weighted by Crippen LogP contribution is 2.36. The summed E-state index contributed by atoms with van der Waals surface area (Å²) in [6.45, 7) is 0. The molecule has 2 aliphatic rings. The van der Waals surface area contributed by atoms with E-state index in [1.807, 2.05) is 6.07 Å². The van der Waals surface area contributed by atoms with E-state index >= 15 is 4.39 Å². The second-order valence-electron chi connectivity index (χ2n) is 8.61. The molecule has 2 saturated carbocycles. The molecule has 2 heterocycles. The van der Waals surface area contributed by atoms with Crippen LogP contribution in [0.2, 0.25) is 0 Å². The van der Waals surface area contributed by atoms with Crippen LogP contribution in [0.4, 0.5) is 15.9 Å². The maximum atomic E-state index is 15.0. The molecular weight excluding hydrogens is 431 g/mol. The molecule has 0 aliphatic heterocycles. The average Bonchev–Trinajstić information content (AvgIpc) is 3.51. The van der Waals surface area contributed by atoms with E-state index in [4.69, 9.17) is 0 Å². The highest BCUT2D eigenvalue weighted by atomic mass is 32.2. The van der Waals surface area contributed by atoms with Gasteiger partial charge in [0.25, 0.3) is 0 Å². The number of nitrogens with one attached hydrogen (secondary N) is 2. The first-order valence-corrected chi connectivity index (χ1v) is 12.5. The van der Waals surface area contributed by atoms with Crippen molar-refractivity contribution in [1.29, 1.82) is 0 Å². The Morgan fingerprint density at radius 1 is 1.09 bits per heavy atom. The minimum atomic E-state index is -3.64. The largest absolute Gasteiger partial charge is 0.346 e. The summed E-state index contributed by atoms with van der Waals surface area (Å²) >= 11 is 0. The zero-order valence-corrected chi connectivity index (χ0v) is 18.4. The number of nitrogens with zero attached hydrogens (tertiary/aromatic N) is 2. The number of anilines is 2. The predicted octanol–water partition coefficient (Wildman–Crippen LogP) is 4.57. The number of hydrogen-bond acceptors (Lipinski definition) is 4. The van der Waals surface area contributed by atoms with Crippen LogP contribution in [0.3, 0.4) is 0 Å². The number of rotatable bonds is 7. The molecule has 2 aromatic heterocycles. The van der Waals surface area contributed by atoms with Crippen molar-refractivity contribution in [3.8, 4) is 11.1 Å². The topological polar surface area (TPSA) is 95.2 Å². The van der Waals surface area contributed by atoms with Gasteiger partial charge in [0.2, 0.25) is 16.4 Å². The number of sulfonamides is 1. The fourth-order valence-electron chi connectivity index (χ4n) is 4.45. The number of hydrogen-bond donors (Lipinski definition) is 2. The second kappa shape index (κ2) is 8.20. The number of H-pyrrole nitrogens is 1. The number of amides is 1. The maximum Gasteiger partial charge on any atom is 0.235 e. The van der Waals surface area contributed by atoms with Crippen LogP contribution in [-0.4, -0.2) is 36.1 Å². The van der Waals surface area contributed by atoms with Gasteiger partial charge in [-0.05, 0) is 61.1 Å². The van der Waals surface area contributed by atoms with Gasteiger partial charge in [-0.15, -0.1) is 0 Å². The van der Waals surface area contributed by atoms with Crippen LogP contribution in [0.15, 0.2) is 36.5 Å². The van der Waals surface area contributed by atoms with Gasteiger partial charge in [-0.1, -0.05) is 25.3 Å². The van der Waals surface area contributed by atoms with E-state index in [0.717, 1.165) is 49.5 Å². The van der Waals surface area contributed by atoms with Gasteiger partial charge < -0.3 is 4.98 Å². The van der Waals surface area contributed by atoms with Crippen molar-refractivity contribution in [3.05, 3.63) is 42.3 Å². The van der Waals surface area contributed by atoms with E-state index in [2.05, 4.69) is 14.7 Å². The van der Waals surface area contributed by atoms with Gasteiger partial charge in [0.1, 0.15) is 17.3 Å². The Bertz CT molecular complexity index is 1260. The van der Waals surface area contributed by atoms with Gasteiger partial charge in [0, 0.05) is 17.6 Å². The minimum absolute atomic E-state index is 0.0496. The first kappa shape index (κ1) is 20.9. The quantitative estimate of drug-likeness (QED) is 0.509. The third-order valence-corrected chi connectivity index (χ3v) is 8.21. The molecule has 1 aromatic carbocycles. The van der Waals surface area contributed by atoms with Crippen LogP contribution in [0, 0.1) is 5.82 Å². The van der Waals surface area contributed by atoms with Crippen molar-refractivity contribution >= 4 is 39.0 Å². The molecule has 3 aromatic rings. The molecule has 2 N–H and O–H groups in total. The van der Waals surface area contributed by atoms with E-state index in [-0.39, 0.29) is 11.7 Å². The number of aromatic amines is 1. The molecule has 9 heteroatoms. The zero-order chi connectivity index (χ0) is 22.3. The van der Waals surface area contributed by atoms with Crippen LogP contribution in [-0.2, 0) is 14.8 Å². The Labute approximate surface area is 186 Å². The van der Waals surface area contributed by atoms with E-state index in [1.54, 1.807) is 23.2 Å². The fourth-order valence-corrected chi connectivity index (χ4v) is 6.05. The van der Waals surface area contributed by atoms with Gasteiger partial charge in [0.15, 0.2) is 0 Å². The number of carbonyl (C=O) groups excluding carboxylic acids is 1. The first-order valence-electron chi connectivity index (χ1n) is 11.0. The molecule has 7 nitrogen and oxygen atoms in total. The minimum Gasteiger partial charge on any atom is -0.346 e. The Morgan fingerprint density at radius 2 is 1.88 bits per heavy atom. The predicted molar refractivity (Wildman–Crippen MR) is 122 cm³/mol. The molecule has 2 fully saturated rings. The summed E-state index contributed by atoms with van der Waals surface area (Å²) in [4.78, 5) is 20.8. The standard InChI is InChI=1S/C23H25FN4O3S/c24-20-12-15(6-9-21(20)27-32(30,31)17-4-2-1-3-5-17)19-13-22(28(14-29)16-7-8-16)26-23-18(19)10-11-25-23/h6,9-14,16-17,27H,1-5,7-8H2,(H,25,26).